The van der Waals surface area contributed by atoms with Gasteiger partial charge in [0, 0.05) is 5.69 Å². The summed E-state index contributed by atoms with van der Waals surface area (Å²) in [6, 6.07) is 11.9. The largest absolute Gasteiger partial charge is 0.478 e. The second-order valence-electron chi connectivity index (χ2n) is 4.90. The van der Waals surface area contributed by atoms with Crippen LogP contribution < -0.4 is 5.32 Å². The minimum atomic E-state index is -1.15. The van der Waals surface area contributed by atoms with Gasteiger partial charge < -0.3 is 15.4 Å². The number of aromatic nitrogens is 2. The number of nitrogens with one attached hydrogen (secondary N) is 2. The number of anilines is 1. The van der Waals surface area contributed by atoms with Gasteiger partial charge in [0.25, 0.3) is 0 Å². The van der Waals surface area contributed by atoms with Crippen LogP contribution in [0.25, 0.3) is 11.0 Å². The van der Waals surface area contributed by atoms with Gasteiger partial charge in [-0.05, 0) is 30.3 Å². The van der Waals surface area contributed by atoms with E-state index < -0.39 is 5.97 Å². The van der Waals surface area contributed by atoms with Crippen molar-refractivity contribution in [3.8, 4) is 0 Å². The van der Waals surface area contributed by atoms with Crippen LogP contribution in [0.2, 0.25) is 5.02 Å². The Morgan fingerprint density at radius 3 is 2.79 bits per heavy atom. The minimum Gasteiger partial charge on any atom is -0.478 e. The summed E-state index contributed by atoms with van der Waals surface area (Å²) in [4.78, 5) is 30.6. The van der Waals surface area contributed by atoms with E-state index in [2.05, 4.69) is 15.3 Å². The number of para-hydroxylation sites is 2. The first-order valence-electron chi connectivity index (χ1n) is 6.93. The number of carboxylic acid groups (broad SMARTS) is 1. The molecule has 0 saturated carbocycles. The van der Waals surface area contributed by atoms with Crippen LogP contribution in [0.15, 0.2) is 47.6 Å². The molecular formula is C16H12ClN3O3S. The molecule has 3 N–H and O–H groups in total. The van der Waals surface area contributed by atoms with Crippen LogP contribution >= 0.6 is 23.4 Å². The molecule has 0 unspecified atom stereocenters. The number of benzene rings is 2. The van der Waals surface area contributed by atoms with Crippen LogP contribution in [0.3, 0.4) is 0 Å². The third-order valence-corrected chi connectivity index (χ3v) is 4.39. The average molecular weight is 362 g/mol. The highest BCUT2D eigenvalue weighted by Crippen LogP contribution is 2.22. The fraction of sp³-hybridized carbons (Fsp3) is 0.0625. The molecule has 1 aromatic heterocycles. The molecule has 0 radical (unpaired) electrons. The maximum Gasteiger partial charge on any atom is 0.337 e. The summed E-state index contributed by atoms with van der Waals surface area (Å²) in [6.07, 6.45) is 0. The van der Waals surface area contributed by atoms with Crippen LogP contribution in [0.5, 0.6) is 0 Å². The first kappa shape index (κ1) is 16.4. The molecule has 0 spiro atoms. The molecule has 0 saturated heterocycles. The molecule has 3 rings (SSSR count). The van der Waals surface area contributed by atoms with Crippen molar-refractivity contribution in [3.63, 3.8) is 0 Å². The topological polar surface area (TPSA) is 95.1 Å². The lowest BCUT2D eigenvalue weighted by molar-refractivity contribution is -0.113. The molecule has 3 aromatic rings. The van der Waals surface area contributed by atoms with Gasteiger partial charge in [-0.25, -0.2) is 9.78 Å². The Kier molecular flexibility index (Phi) is 4.73. The van der Waals surface area contributed by atoms with E-state index in [-0.39, 0.29) is 22.2 Å². The quantitative estimate of drug-likeness (QED) is 0.603. The van der Waals surface area contributed by atoms with Crippen LogP contribution in [-0.2, 0) is 4.79 Å². The van der Waals surface area contributed by atoms with E-state index in [0.29, 0.717) is 10.8 Å². The molecule has 1 heterocycles. The van der Waals surface area contributed by atoms with Crippen molar-refractivity contribution in [1.29, 1.82) is 0 Å². The third-order valence-electron chi connectivity index (χ3n) is 3.19. The van der Waals surface area contributed by atoms with Gasteiger partial charge in [0.05, 0.1) is 27.4 Å². The van der Waals surface area contributed by atoms with Gasteiger partial charge >= 0.3 is 5.97 Å². The number of H-pyrrole nitrogens is 1. The number of carbonyl (C=O) groups excluding carboxylic acids is 1. The zero-order valence-corrected chi connectivity index (χ0v) is 13.8. The van der Waals surface area contributed by atoms with Gasteiger partial charge in [-0.3, -0.25) is 4.79 Å². The Balaban J connectivity index is 1.63. The van der Waals surface area contributed by atoms with Crippen molar-refractivity contribution in [2.75, 3.05) is 11.1 Å². The number of aromatic carboxylic acids is 1. The lowest BCUT2D eigenvalue weighted by Gasteiger charge is -2.06. The van der Waals surface area contributed by atoms with E-state index in [4.69, 9.17) is 16.7 Å². The van der Waals surface area contributed by atoms with Gasteiger partial charge in [0.15, 0.2) is 5.16 Å². The number of nitrogens with zero attached hydrogens (tertiary/aromatic N) is 1. The zero-order valence-electron chi connectivity index (χ0n) is 12.2. The molecule has 0 aliphatic carbocycles. The summed E-state index contributed by atoms with van der Waals surface area (Å²) >= 11 is 7.06. The number of amides is 1. The van der Waals surface area contributed by atoms with Crippen molar-refractivity contribution >= 4 is 52.0 Å². The smallest absolute Gasteiger partial charge is 0.337 e. The molecule has 0 aliphatic rings. The summed E-state index contributed by atoms with van der Waals surface area (Å²) in [5, 5.41) is 12.4. The SMILES string of the molecule is O=C(CSc1nc2ccccc2[nH]1)Nc1ccc(Cl)c(C(=O)O)c1. The number of halogens is 1. The van der Waals surface area contributed by atoms with E-state index >= 15 is 0 Å². The van der Waals surface area contributed by atoms with Crippen molar-refractivity contribution in [2.45, 2.75) is 5.16 Å². The van der Waals surface area contributed by atoms with Gasteiger partial charge in [0.1, 0.15) is 0 Å². The van der Waals surface area contributed by atoms with Crippen molar-refractivity contribution in [2.24, 2.45) is 0 Å². The third kappa shape index (κ3) is 3.69. The summed E-state index contributed by atoms with van der Waals surface area (Å²) in [5.41, 5.74) is 2.07. The van der Waals surface area contributed by atoms with Crippen LogP contribution in [0.1, 0.15) is 10.4 Å². The van der Waals surface area contributed by atoms with Gasteiger partial charge in [-0.1, -0.05) is 35.5 Å². The van der Waals surface area contributed by atoms with Gasteiger partial charge in [-0.2, -0.15) is 0 Å². The molecule has 6 nitrogen and oxygen atoms in total. The molecule has 0 atom stereocenters. The predicted octanol–water partition coefficient (Wildman–Crippen LogP) is 3.65. The Hall–Kier alpha value is -2.51. The van der Waals surface area contributed by atoms with E-state index in [9.17, 15) is 9.59 Å². The maximum atomic E-state index is 12.0. The van der Waals surface area contributed by atoms with Crippen molar-refractivity contribution in [3.05, 3.63) is 53.1 Å². The summed E-state index contributed by atoms with van der Waals surface area (Å²) in [7, 11) is 0. The Morgan fingerprint density at radius 1 is 1.25 bits per heavy atom. The second-order valence-corrected chi connectivity index (χ2v) is 6.27. The second kappa shape index (κ2) is 6.94. The summed E-state index contributed by atoms with van der Waals surface area (Å²) in [6.45, 7) is 0. The van der Waals surface area contributed by atoms with E-state index in [1.165, 1.54) is 23.9 Å². The maximum absolute atomic E-state index is 12.0. The molecule has 1 amide bonds. The standard InChI is InChI=1S/C16H12ClN3O3S/c17-11-6-5-9(7-10(11)15(22)23)18-14(21)8-24-16-19-12-3-1-2-4-13(12)20-16/h1-7H,8H2,(H,18,21)(H,19,20)(H,22,23). The number of hydrogen-bond donors (Lipinski definition) is 3. The molecule has 122 valence electrons. The Morgan fingerprint density at radius 2 is 2.04 bits per heavy atom. The Labute approximate surface area is 146 Å². The highest BCUT2D eigenvalue weighted by Gasteiger charge is 2.12. The van der Waals surface area contributed by atoms with Crippen LogP contribution in [0.4, 0.5) is 5.69 Å². The van der Waals surface area contributed by atoms with E-state index in [0.717, 1.165) is 11.0 Å². The fourth-order valence-electron chi connectivity index (χ4n) is 2.10. The number of fused-ring (bicyclic) bond motifs is 1. The molecule has 24 heavy (non-hydrogen) atoms. The predicted molar refractivity (Wildman–Crippen MR) is 93.9 cm³/mol. The first-order chi connectivity index (χ1) is 11.5. The summed E-state index contributed by atoms with van der Waals surface area (Å²) in [5.74, 6) is -1.27. The van der Waals surface area contributed by atoms with Crippen LogP contribution in [-0.4, -0.2) is 32.7 Å². The normalized spacial score (nSPS) is 10.7. The molecule has 0 bridgehead atoms. The highest BCUT2D eigenvalue weighted by molar-refractivity contribution is 7.99. The Bertz CT molecular complexity index is 893. The molecule has 8 heteroatoms. The number of thioether (sulfide) groups is 1. The van der Waals surface area contributed by atoms with Crippen molar-refractivity contribution < 1.29 is 14.7 Å². The summed E-state index contributed by atoms with van der Waals surface area (Å²) < 4.78 is 0. The zero-order chi connectivity index (χ0) is 17.1. The monoisotopic (exact) mass is 361 g/mol. The van der Waals surface area contributed by atoms with Crippen molar-refractivity contribution in [1.82, 2.24) is 9.97 Å². The molecular weight excluding hydrogens is 350 g/mol. The lowest BCUT2D eigenvalue weighted by atomic mass is 10.2. The van der Waals surface area contributed by atoms with Gasteiger partial charge in [-0.15, -0.1) is 0 Å². The van der Waals surface area contributed by atoms with Crippen LogP contribution in [0, 0.1) is 0 Å². The van der Waals surface area contributed by atoms with E-state index in [1.54, 1.807) is 6.07 Å². The molecule has 2 aromatic carbocycles. The van der Waals surface area contributed by atoms with E-state index in [1.807, 2.05) is 24.3 Å². The van der Waals surface area contributed by atoms with Gasteiger partial charge in [0.2, 0.25) is 5.91 Å². The number of carboxylic acids is 1. The number of imidazole rings is 1. The molecule has 0 fully saturated rings. The minimum absolute atomic E-state index is 0.0561. The number of aromatic amines is 1. The fourth-order valence-corrected chi connectivity index (χ4v) is 2.98. The average Bonchev–Trinajstić information content (AvgIpc) is 2.97. The highest BCUT2D eigenvalue weighted by atomic mass is 35.5. The molecule has 0 aliphatic heterocycles. The lowest BCUT2D eigenvalue weighted by Crippen LogP contribution is -2.14. The first-order valence-corrected chi connectivity index (χ1v) is 8.29. The number of hydrogen-bond acceptors (Lipinski definition) is 4. The number of carbonyl (C=O) groups is 2. The number of rotatable bonds is 5.